The lowest BCUT2D eigenvalue weighted by atomic mass is 10.1. The number of carboxylic acid groups (broad SMARTS) is 1. The molecule has 16 heavy (non-hydrogen) atoms. The number of rotatable bonds is 3. The number of amides is 2. The van der Waals surface area contributed by atoms with E-state index in [1.807, 2.05) is 6.92 Å². The molecule has 0 bridgehead atoms. The number of carboxylic acids is 1. The normalized spacial score (nSPS) is 17.6. The molecule has 1 unspecified atom stereocenters. The Labute approximate surface area is 95.1 Å². The van der Waals surface area contributed by atoms with Crippen LogP contribution in [0, 0.1) is 0 Å². The van der Waals surface area contributed by atoms with Gasteiger partial charge in [-0.3, -0.25) is 0 Å². The number of hydrogen-bond donors (Lipinski definition) is 2. The summed E-state index contributed by atoms with van der Waals surface area (Å²) in [6.45, 7) is 4.94. The third kappa shape index (κ3) is 3.25. The summed E-state index contributed by atoms with van der Waals surface area (Å²) in [4.78, 5) is 24.1. The Morgan fingerprint density at radius 3 is 2.81 bits per heavy atom. The number of nitrogens with one attached hydrogen (secondary N) is 1. The molecule has 0 fully saturated rings. The van der Waals surface area contributed by atoms with Gasteiger partial charge in [0.1, 0.15) is 6.04 Å². The molecule has 5 heteroatoms. The van der Waals surface area contributed by atoms with Crippen molar-refractivity contribution in [3.05, 3.63) is 11.6 Å². The summed E-state index contributed by atoms with van der Waals surface area (Å²) in [6, 6.07) is -1.08. The van der Waals surface area contributed by atoms with Crippen molar-refractivity contribution in [1.82, 2.24) is 10.2 Å². The van der Waals surface area contributed by atoms with Gasteiger partial charge in [0.2, 0.25) is 0 Å². The first-order chi connectivity index (χ1) is 7.54. The van der Waals surface area contributed by atoms with Gasteiger partial charge in [-0.25, -0.2) is 9.59 Å². The molecule has 0 aromatic rings. The lowest BCUT2D eigenvalue weighted by Gasteiger charge is -2.27. The standard InChI is InChI=1S/C11H18N2O3/c1-3-9(10(14)15)12-11(16)13-6-4-5-8(2)7-13/h5,9H,3-4,6-7H2,1-2H3,(H,12,16)(H,14,15). The predicted octanol–water partition coefficient (Wildman–Crippen LogP) is 1.21. The van der Waals surface area contributed by atoms with Crippen LogP contribution in [0.15, 0.2) is 11.6 Å². The highest BCUT2D eigenvalue weighted by Crippen LogP contribution is 2.09. The fourth-order valence-corrected chi connectivity index (χ4v) is 1.66. The molecular weight excluding hydrogens is 208 g/mol. The van der Waals surface area contributed by atoms with Crippen molar-refractivity contribution in [2.45, 2.75) is 32.7 Å². The molecule has 0 saturated carbocycles. The van der Waals surface area contributed by atoms with Gasteiger partial charge in [-0.2, -0.15) is 0 Å². The topological polar surface area (TPSA) is 69.6 Å². The van der Waals surface area contributed by atoms with Crippen LogP contribution in [0.4, 0.5) is 4.79 Å². The van der Waals surface area contributed by atoms with Crippen molar-refractivity contribution in [2.24, 2.45) is 0 Å². The molecule has 1 atom stereocenters. The molecule has 5 nitrogen and oxygen atoms in total. The number of hydrogen-bond acceptors (Lipinski definition) is 2. The van der Waals surface area contributed by atoms with Crippen LogP contribution in [0.25, 0.3) is 0 Å². The van der Waals surface area contributed by atoms with E-state index in [-0.39, 0.29) is 6.03 Å². The van der Waals surface area contributed by atoms with E-state index in [1.165, 1.54) is 0 Å². The summed E-state index contributed by atoms with van der Waals surface area (Å²) in [7, 11) is 0. The number of aliphatic carboxylic acids is 1. The van der Waals surface area contributed by atoms with Gasteiger partial charge in [-0.1, -0.05) is 18.6 Å². The predicted molar refractivity (Wildman–Crippen MR) is 60.2 cm³/mol. The van der Waals surface area contributed by atoms with E-state index in [0.717, 1.165) is 12.0 Å². The molecule has 0 aromatic heterocycles. The minimum atomic E-state index is -0.986. The van der Waals surface area contributed by atoms with Gasteiger partial charge in [0.15, 0.2) is 0 Å². The van der Waals surface area contributed by atoms with Gasteiger partial charge in [-0.15, -0.1) is 0 Å². The van der Waals surface area contributed by atoms with Crippen LogP contribution in [-0.2, 0) is 4.79 Å². The summed E-state index contributed by atoms with van der Waals surface area (Å²) in [5.74, 6) is -0.986. The minimum Gasteiger partial charge on any atom is -0.480 e. The van der Waals surface area contributed by atoms with E-state index < -0.39 is 12.0 Å². The van der Waals surface area contributed by atoms with Crippen LogP contribution >= 0.6 is 0 Å². The Balaban J connectivity index is 2.52. The Bertz CT molecular complexity index is 312. The third-order valence-electron chi connectivity index (χ3n) is 2.62. The van der Waals surface area contributed by atoms with E-state index in [2.05, 4.69) is 11.4 Å². The molecule has 1 aliphatic rings. The molecule has 90 valence electrons. The highest BCUT2D eigenvalue weighted by atomic mass is 16.4. The Morgan fingerprint density at radius 1 is 1.62 bits per heavy atom. The molecular formula is C11H18N2O3. The second kappa shape index (κ2) is 5.53. The maximum atomic E-state index is 11.7. The van der Waals surface area contributed by atoms with Crippen molar-refractivity contribution < 1.29 is 14.7 Å². The van der Waals surface area contributed by atoms with Crippen LogP contribution in [0.3, 0.4) is 0 Å². The average molecular weight is 226 g/mol. The Morgan fingerprint density at radius 2 is 2.31 bits per heavy atom. The highest BCUT2D eigenvalue weighted by Gasteiger charge is 2.22. The lowest BCUT2D eigenvalue weighted by Crippen LogP contribution is -2.49. The third-order valence-corrected chi connectivity index (χ3v) is 2.62. The quantitative estimate of drug-likeness (QED) is 0.711. The number of nitrogens with zero attached hydrogens (tertiary/aromatic N) is 1. The summed E-state index contributed by atoms with van der Waals surface area (Å²) >= 11 is 0. The van der Waals surface area contributed by atoms with E-state index in [4.69, 9.17) is 5.11 Å². The first-order valence-electron chi connectivity index (χ1n) is 5.48. The zero-order chi connectivity index (χ0) is 12.1. The van der Waals surface area contributed by atoms with Crippen LogP contribution in [0.2, 0.25) is 0 Å². The minimum absolute atomic E-state index is 0.290. The van der Waals surface area contributed by atoms with Crippen molar-refractivity contribution in [3.63, 3.8) is 0 Å². The van der Waals surface area contributed by atoms with Gasteiger partial charge < -0.3 is 15.3 Å². The Hall–Kier alpha value is -1.52. The summed E-state index contributed by atoms with van der Waals surface area (Å²) in [5.41, 5.74) is 1.14. The van der Waals surface area contributed by atoms with Gasteiger partial charge in [0.25, 0.3) is 0 Å². The van der Waals surface area contributed by atoms with Gasteiger partial charge >= 0.3 is 12.0 Å². The Kier molecular flexibility index (Phi) is 4.34. The number of urea groups is 1. The van der Waals surface area contributed by atoms with E-state index in [0.29, 0.717) is 19.5 Å². The second-order valence-electron chi connectivity index (χ2n) is 4.01. The van der Waals surface area contributed by atoms with E-state index in [1.54, 1.807) is 11.8 Å². The van der Waals surface area contributed by atoms with Crippen molar-refractivity contribution in [2.75, 3.05) is 13.1 Å². The fraction of sp³-hybridized carbons (Fsp3) is 0.636. The zero-order valence-corrected chi connectivity index (χ0v) is 9.69. The molecule has 0 aliphatic carbocycles. The molecule has 1 aliphatic heterocycles. The maximum Gasteiger partial charge on any atom is 0.326 e. The van der Waals surface area contributed by atoms with Crippen LogP contribution in [0.5, 0.6) is 0 Å². The average Bonchev–Trinajstić information content (AvgIpc) is 2.25. The molecule has 2 amide bonds. The molecule has 0 saturated heterocycles. The number of carbonyl (C=O) groups excluding carboxylic acids is 1. The summed E-state index contributed by atoms with van der Waals surface area (Å²) < 4.78 is 0. The van der Waals surface area contributed by atoms with Gasteiger partial charge in [0.05, 0.1) is 0 Å². The van der Waals surface area contributed by atoms with E-state index in [9.17, 15) is 9.59 Å². The molecule has 0 spiro atoms. The van der Waals surface area contributed by atoms with Gasteiger partial charge in [0, 0.05) is 13.1 Å². The SMILES string of the molecule is CCC(NC(=O)N1CCC=C(C)C1)C(=O)O. The zero-order valence-electron chi connectivity index (χ0n) is 9.69. The first-order valence-corrected chi connectivity index (χ1v) is 5.48. The molecule has 1 heterocycles. The smallest absolute Gasteiger partial charge is 0.326 e. The lowest BCUT2D eigenvalue weighted by molar-refractivity contribution is -0.139. The number of carbonyl (C=O) groups is 2. The van der Waals surface area contributed by atoms with Crippen LogP contribution < -0.4 is 5.32 Å². The van der Waals surface area contributed by atoms with Crippen molar-refractivity contribution >= 4 is 12.0 Å². The highest BCUT2D eigenvalue weighted by molar-refractivity contribution is 5.82. The fourth-order valence-electron chi connectivity index (χ4n) is 1.66. The van der Waals surface area contributed by atoms with Crippen molar-refractivity contribution in [1.29, 1.82) is 0 Å². The van der Waals surface area contributed by atoms with E-state index >= 15 is 0 Å². The molecule has 2 N–H and O–H groups in total. The summed E-state index contributed by atoms with van der Waals surface area (Å²) in [6.07, 6.45) is 3.32. The maximum absolute atomic E-state index is 11.7. The first kappa shape index (κ1) is 12.5. The van der Waals surface area contributed by atoms with Crippen LogP contribution in [-0.4, -0.2) is 41.1 Å². The van der Waals surface area contributed by atoms with Crippen LogP contribution in [0.1, 0.15) is 26.7 Å². The largest absolute Gasteiger partial charge is 0.480 e. The molecule has 1 rings (SSSR count). The molecule has 0 aromatic carbocycles. The molecule has 0 radical (unpaired) electrons. The van der Waals surface area contributed by atoms with Crippen molar-refractivity contribution in [3.8, 4) is 0 Å². The monoisotopic (exact) mass is 226 g/mol. The second-order valence-corrected chi connectivity index (χ2v) is 4.01. The van der Waals surface area contributed by atoms with Gasteiger partial charge in [-0.05, 0) is 19.8 Å². The summed E-state index contributed by atoms with van der Waals surface area (Å²) in [5, 5.41) is 11.3.